The Morgan fingerprint density at radius 3 is 2.52 bits per heavy atom. The first-order valence-corrected chi connectivity index (χ1v) is 13.9. The second-order valence-electron chi connectivity index (χ2n) is 10.7. The zero-order valence-corrected chi connectivity index (χ0v) is 22.8. The van der Waals surface area contributed by atoms with Crippen molar-refractivity contribution in [3.8, 4) is 39.7 Å². The number of nitrogens with zero attached hydrogens (tertiary/aromatic N) is 4. The average Bonchev–Trinajstić information content (AvgIpc) is 3.39. The maximum Gasteiger partial charge on any atom is 0.168 e. The predicted molar refractivity (Wildman–Crippen MR) is 153 cm³/mol. The molecule has 0 amide bonds. The summed E-state index contributed by atoms with van der Waals surface area (Å²) in [7, 11) is 0. The molecule has 40 heavy (non-hydrogen) atoms. The number of rotatable bonds is 7. The molecule has 6 rings (SSSR count). The molecule has 3 N–H and O–H groups in total. The van der Waals surface area contributed by atoms with E-state index in [1.165, 1.54) is 0 Å². The summed E-state index contributed by atoms with van der Waals surface area (Å²) in [5.41, 5.74) is 5.26. The van der Waals surface area contributed by atoms with Gasteiger partial charge in [-0.05, 0) is 53.3 Å². The van der Waals surface area contributed by atoms with Gasteiger partial charge in [-0.2, -0.15) is 0 Å². The van der Waals surface area contributed by atoms with Crippen LogP contribution in [0.15, 0.2) is 48.5 Å². The third-order valence-electron chi connectivity index (χ3n) is 7.83. The van der Waals surface area contributed by atoms with Gasteiger partial charge in [0.15, 0.2) is 5.82 Å². The van der Waals surface area contributed by atoms with Crippen molar-refractivity contribution in [2.24, 2.45) is 0 Å². The summed E-state index contributed by atoms with van der Waals surface area (Å²) < 4.78 is 22.7. The maximum absolute atomic E-state index is 15.4. The first kappa shape index (κ1) is 26.3. The predicted octanol–water partition coefficient (Wildman–Crippen LogP) is 5.12. The van der Waals surface area contributed by atoms with Crippen LogP contribution in [0.3, 0.4) is 0 Å². The lowest BCUT2D eigenvalue weighted by Gasteiger charge is -2.27. The van der Waals surface area contributed by atoms with Gasteiger partial charge in [-0.15, -0.1) is 10.2 Å². The number of aromatic nitrogens is 3. The van der Waals surface area contributed by atoms with E-state index in [9.17, 15) is 10.2 Å². The van der Waals surface area contributed by atoms with Crippen LogP contribution < -0.4 is 5.32 Å². The Bertz CT molecular complexity index is 1520. The quantitative estimate of drug-likeness (QED) is 0.298. The lowest BCUT2D eigenvalue weighted by molar-refractivity contribution is 0.0398. The van der Waals surface area contributed by atoms with Gasteiger partial charge < -0.3 is 20.3 Å². The highest BCUT2D eigenvalue weighted by Gasteiger charge is 2.25. The minimum Gasteiger partial charge on any atom is -0.507 e. The van der Waals surface area contributed by atoms with Crippen LogP contribution >= 0.6 is 0 Å². The molecule has 0 radical (unpaired) electrons. The van der Waals surface area contributed by atoms with Crippen LogP contribution in [0.5, 0.6) is 11.5 Å². The molecule has 1 saturated heterocycles. The zero-order valence-electron chi connectivity index (χ0n) is 22.8. The van der Waals surface area contributed by atoms with Gasteiger partial charge in [0, 0.05) is 44.2 Å². The number of ether oxygens (including phenoxy) is 1. The summed E-state index contributed by atoms with van der Waals surface area (Å²) in [6.45, 7) is 8.93. The third kappa shape index (κ3) is 4.91. The number of halogens is 1. The highest BCUT2D eigenvalue weighted by molar-refractivity contribution is 5.81. The first-order valence-electron chi connectivity index (χ1n) is 13.9. The summed E-state index contributed by atoms with van der Waals surface area (Å²) in [4.78, 5) is 2.32. The SMILES string of the molecule is CC(C)c1cc(-c2nnc3n2-c2cc(F)c(NCCN4CCOCC4)cc2CC3)ccc1-c1c(O)cccc1O. The van der Waals surface area contributed by atoms with Crippen LogP contribution in [0.2, 0.25) is 0 Å². The normalized spacial score (nSPS) is 15.2. The van der Waals surface area contributed by atoms with Crippen molar-refractivity contribution in [3.05, 3.63) is 71.3 Å². The van der Waals surface area contributed by atoms with Crippen molar-refractivity contribution in [3.63, 3.8) is 0 Å². The van der Waals surface area contributed by atoms with Crippen LogP contribution in [0.25, 0.3) is 28.2 Å². The number of fused-ring (bicyclic) bond motifs is 3. The number of phenolic OH excluding ortho intramolecular Hbond substituents is 2. The molecule has 0 spiro atoms. The molecule has 0 atom stereocenters. The number of hydrogen-bond donors (Lipinski definition) is 3. The van der Waals surface area contributed by atoms with Gasteiger partial charge in [0.2, 0.25) is 0 Å². The van der Waals surface area contributed by atoms with Gasteiger partial charge >= 0.3 is 0 Å². The second kappa shape index (κ2) is 10.9. The number of aromatic hydroxyl groups is 2. The lowest BCUT2D eigenvalue weighted by atomic mass is 9.90. The Morgan fingerprint density at radius 1 is 1.00 bits per heavy atom. The molecule has 0 aliphatic carbocycles. The van der Waals surface area contributed by atoms with E-state index in [4.69, 9.17) is 4.74 Å². The topological polar surface area (TPSA) is 95.7 Å². The van der Waals surface area contributed by atoms with Gasteiger partial charge in [0.1, 0.15) is 23.1 Å². The van der Waals surface area contributed by atoms with E-state index in [2.05, 4.69) is 34.3 Å². The molecule has 0 unspecified atom stereocenters. The summed E-state index contributed by atoms with van der Waals surface area (Å²) in [5.74, 6) is 1.28. The van der Waals surface area contributed by atoms with Crippen LogP contribution in [0.4, 0.5) is 10.1 Å². The molecule has 1 aromatic heterocycles. The largest absolute Gasteiger partial charge is 0.507 e. The van der Waals surface area contributed by atoms with E-state index >= 15 is 4.39 Å². The van der Waals surface area contributed by atoms with Crippen molar-refractivity contribution in [1.82, 2.24) is 19.7 Å². The van der Waals surface area contributed by atoms with Gasteiger partial charge in [-0.25, -0.2) is 4.39 Å². The molecule has 4 aromatic rings. The molecular weight excluding hydrogens is 509 g/mol. The summed E-state index contributed by atoms with van der Waals surface area (Å²) in [5, 5.41) is 33.3. The second-order valence-corrected chi connectivity index (χ2v) is 10.7. The number of morpholine rings is 1. The highest BCUT2D eigenvalue weighted by Crippen LogP contribution is 2.42. The number of hydrogen-bond acceptors (Lipinski definition) is 7. The van der Waals surface area contributed by atoms with E-state index in [-0.39, 0.29) is 23.2 Å². The summed E-state index contributed by atoms with van der Waals surface area (Å²) >= 11 is 0. The van der Waals surface area contributed by atoms with Crippen LogP contribution in [-0.2, 0) is 17.6 Å². The van der Waals surface area contributed by atoms with Crippen molar-refractivity contribution < 1.29 is 19.3 Å². The molecule has 208 valence electrons. The van der Waals surface area contributed by atoms with Crippen molar-refractivity contribution in [1.29, 1.82) is 0 Å². The summed E-state index contributed by atoms with van der Waals surface area (Å²) in [6, 6.07) is 14.1. The molecule has 8 nitrogen and oxygen atoms in total. The van der Waals surface area contributed by atoms with Crippen LogP contribution in [-0.4, -0.2) is 69.3 Å². The Balaban J connectivity index is 1.33. The molecule has 9 heteroatoms. The number of benzene rings is 3. The standard InChI is InChI=1S/C31H34FN5O3/c1-19(2)23-16-21(6-8-22(23)30-27(38)4-3-5-28(30)39)31-35-34-29-9-7-20-17-25(24(32)18-26(20)37(29)31)33-10-11-36-12-14-40-15-13-36/h3-6,8,16-19,33,38-39H,7,9-15H2,1-2H3. The fourth-order valence-corrected chi connectivity index (χ4v) is 5.70. The smallest absolute Gasteiger partial charge is 0.168 e. The fraction of sp³-hybridized carbons (Fsp3) is 0.355. The average molecular weight is 544 g/mol. The van der Waals surface area contributed by atoms with Gasteiger partial charge in [0.25, 0.3) is 0 Å². The Hall–Kier alpha value is -3.95. The van der Waals surface area contributed by atoms with Crippen molar-refractivity contribution in [2.45, 2.75) is 32.6 Å². The molecule has 3 heterocycles. The van der Waals surface area contributed by atoms with Gasteiger partial charge in [-0.1, -0.05) is 32.0 Å². The van der Waals surface area contributed by atoms with Gasteiger partial charge in [-0.3, -0.25) is 9.47 Å². The molecular formula is C31H34FN5O3. The van der Waals surface area contributed by atoms with Crippen LogP contribution in [0, 0.1) is 5.82 Å². The van der Waals surface area contributed by atoms with E-state index in [0.29, 0.717) is 30.0 Å². The van der Waals surface area contributed by atoms with Crippen LogP contribution in [0.1, 0.15) is 36.7 Å². The molecule has 0 bridgehead atoms. The first-order chi connectivity index (χ1) is 19.4. The number of nitrogens with one attached hydrogen (secondary N) is 1. The molecule has 2 aliphatic heterocycles. The third-order valence-corrected chi connectivity index (χ3v) is 7.83. The van der Waals surface area contributed by atoms with E-state index in [1.807, 2.05) is 28.8 Å². The monoisotopic (exact) mass is 543 g/mol. The zero-order chi connectivity index (χ0) is 27.8. The van der Waals surface area contributed by atoms with Gasteiger partial charge in [0.05, 0.1) is 30.2 Å². The van der Waals surface area contributed by atoms with Crippen molar-refractivity contribution >= 4 is 5.69 Å². The highest BCUT2D eigenvalue weighted by atomic mass is 19.1. The van der Waals surface area contributed by atoms with E-state index in [1.54, 1.807) is 24.3 Å². The number of anilines is 1. The molecule has 0 saturated carbocycles. The fourth-order valence-electron chi connectivity index (χ4n) is 5.70. The maximum atomic E-state index is 15.4. The lowest BCUT2D eigenvalue weighted by Crippen LogP contribution is -2.39. The Morgan fingerprint density at radius 2 is 1.77 bits per heavy atom. The number of aryl methyl sites for hydroxylation is 2. The van der Waals surface area contributed by atoms with E-state index < -0.39 is 0 Å². The minimum atomic E-state index is -0.304. The summed E-state index contributed by atoms with van der Waals surface area (Å²) in [6.07, 6.45) is 1.47. The Kier molecular flexibility index (Phi) is 7.16. The minimum absolute atomic E-state index is 0.0215. The van der Waals surface area contributed by atoms with E-state index in [0.717, 1.165) is 73.0 Å². The Labute approximate surface area is 233 Å². The number of phenols is 2. The van der Waals surface area contributed by atoms with Crippen molar-refractivity contribution in [2.75, 3.05) is 44.7 Å². The molecule has 1 fully saturated rings. The molecule has 3 aromatic carbocycles. The molecule has 2 aliphatic rings.